The molecule has 2 amide bonds. The van der Waals surface area contributed by atoms with Crippen molar-refractivity contribution in [2.24, 2.45) is 0 Å². The molecule has 26 heavy (non-hydrogen) atoms. The molecule has 0 saturated heterocycles. The highest BCUT2D eigenvalue weighted by atomic mass is 35.5. The average molecular weight is 414 g/mol. The molecule has 0 fully saturated rings. The van der Waals surface area contributed by atoms with E-state index in [4.69, 9.17) is 34.8 Å². The quantitative estimate of drug-likeness (QED) is 0.765. The second-order valence-electron chi connectivity index (χ2n) is 5.87. The smallest absolute Gasteiger partial charge is 0.242 e. The Bertz CT molecular complexity index is 811. The minimum atomic E-state index is -0.630. The molecule has 2 aromatic carbocycles. The lowest BCUT2D eigenvalue weighted by atomic mass is 10.1. The highest BCUT2D eigenvalue weighted by Crippen LogP contribution is 2.23. The Morgan fingerprint density at radius 1 is 1.04 bits per heavy atom. The third-order valence-corrected chi connectivity index (χ3v) is 4.97. The molecule has 138 valence electrons. The highest BCUT2D eigenvalue weighted by Gasteiger charge is 2.25. The van der Waals surface area contributed by atoms with Crippen molar-refractivity contribution >= 4 is 46.6 Å². The number of carbonyl (C=O) groups is 2. The minimum Gasteiger partial charge on any atom is -0.357 e. The number of likely N-dealkylation sites (N-methyl/N-ethyl adjacent to an activating group) is 1. The fourth-order valence-corrected chi connectivity index (χ4v) is 3.08. The van der Waals surface area contributed by atoms with Gasteiger partial charge in [0.15, 0.2) is 0 Å². The van der Waals surface area contributed by atoms with Gasteiger partial charge in [-0.3, -0.25) is 9.59 Å². The molecule has 1 N–H and O–H groups in total. The van der Waals surface area contributed by atoms with E-state index in [-0.39, 0.29) is 24.8 Å². The first-order valence-electron chi connectivity index (χ1n) is 8.01. The molecule has 0 aliphatic heterocycles. The van der Waals surface area contributed by atoms with Gasteiger partial charge >= 0.3 is 0 Å². The standard InChI is InChI=1S/C19H19Cl3N2O2/c1-12(19(26)23-2)24(11-14-4-3-5-15(20)8-14)18(25)10-13-6-7-16(21)17(22)9-13/h3-9,12H,10-11H2,1-2H3,(H,23,26)/t12-/m1/s1. The van der Waals surface area contributed by atoms with Gasteiger partial charge in [0.2, 0.25) is 11.8 Å². The lowest BCUT2D eigenvalue weighted by Crippen LogP contribution is -2.47. The van der Waals surface area contributed by atoms with Crippen molar-refractivity contribution in [2.75, 3.05) is 7.05 Å². The summed E-state index contributed by atoms with van der Waals surface area (Å²) in [6.45, 7) is 1.96. The zero-order valence-corrected chi connectivity index (χ0v) is 16.7. The fourth-order valence-electron chi connectivity index (χ4n) is 2.55. The van der Waals surface area contributed by atoms with Gasteiger partial charge in [0.05, 0.1) is 16.5 Å². The first-order valence-corrected chi connectivity index (χ1v) is 9.14. The molecule has 0 aromatic heterocycles. The first-order chi connectivity index (χ1) is 12.3. The Labute approximate surface area is 168 Å². The van der Waals surface area contributed by atoms with Crippen molar-refractivity contribution in [1.82, 2.24) is 10.2 Å². The van der Waals surface area contributed by atoms with Gasteiger partial charge in [0.1, 0.15) is 6.04 Å². The topological polar surface area (TPSA) is 49.4 Å². The number of nitrogens with zero attached hydrogens (tertiary/aromatic N) is 1. The number of amides is 2. The van der Waals surface area contributed by atoms with Crippen molar-refractivity contribution < 1.29 is 9.59 Å². The Hall–Kier alpha value is -1.75. The zero-order valence-electron chi connectivity index (χ0n) is 14.4. The third kappa shape index (κ3) is 5.37. The van der Waals surface area contributed by atoms with Crippen LogP contribution >= 0.6 is 34.8 Å². The van der Waals surface area contributed by atoms with Crippen LogP contribution < -0.4 is 5.32 Å². The van der Waals surface area contributed by atoms with Gasteiger partial charge in [-0.25, -0.2) is 0 Å². The lowest BCUT2D eigenvalue weighted by molar-refractivity contribution is -0.139. The molecule has 1 atom stereocenters. The van der Waals surface area contributed by atoms with Gasteiger partial charge in [0.25, 0.3) is 0 Å². The normalized spacial score (nSPS) is 11.7. The maximum Gasteiger partial charge on any atom is 0.242 e. The fraction of sp³-hybridized carbons (Fsp3) is 0.263. The molecule has 0 unspecified atom stereocenters. The number of carbonyl (C=O) groups excluding carboxylic acids is 2. The van der Waals surface area contributed by atoms with Crippen molar-refractivity contribution in [3.63, 3.8) is 0 Å². The molecule has 4 nitrogen and oxygen atoms in total. The van der Waals surface area contributed by atoms with Gasteiger partial charge in [-0.05, 0) is 42.3 Å². The van der Waals surface area contributed by atoms with Gasteiger partial charge in [-0.15, -0.1) is 0 Å². The summed E-state index contributed by atoms with van der Waals surface area (Å²) in [5.41, 5.74) is 1.57. The van der Waals surface area contributed by atoms with Crippen molar-refractivity contribution in [1.29, 1.82) is 0 Å². The van der Waals surface area contributed by atoms with Crippen LogP contribution in [0.2, 0.25) is 15.1 Å². The van der Waals surface area contributed by atoms with Crippen LogP contribution in [0.3, 0.4) is 0 Å². The lowest BCUT2D eigenvalue weighted by Gasteiger charge is -2.28. The van der Waals surface area contributed by atoms with Crippen molar-refractivity contribution in [3.8, 4) is 0 Å². The average Bonchev–Trinajstić information content (AvgIpc) is 2.61. The third-order valence-electron chi connectivity index (χ3n) is 4.00. The van der Waals surface area contributed by atoms with Crippen LogP contribution in [0.25, 0.3) is 0 Å². The Morgan fingerprint density at radius 2 is 1.77 bits per heavy atom. The van der Waals surface area contributed by atoms with E-state index in [1.165, 1.54) is 4.90 Å². The summed E-state index contributed by atoms with van der Waals surface area (Å²) >= 11 is 18.0. The summed E-state index contributed by atoms with van der Waals surface area (Å²) in [5.74, 6) is -0.436. The summed E-state index contributed by atoms with van der Waals surface area (Å²) in [6, 6.07) is 11.6. The number of hydrogen-bond acceptors (Lipinski definition) is 2. The number of benzene rings is 2. The summed E-state index contributed by atoms with van der Waals surface area (Å²) < 4.78 is 0. The predicted molar refractivity (Wildman–Crippen MR) is 106 cm³/mol. The van der Waals surface area contributed by atoms with E-state index in [0.29, 0.717) is 15.1 Å². The molecular formula is C19H19Cl3N2O2. The summed E-state index contributed by atoms with van der Waals surface area (Å²) in [4.78, 5) is 26.5. The predicted octanol–water partition coefficient (Wildman–Crippen LogP) is 4.35. The summed E-state index contributed by atoms with van der Waals surface area (Å²) in [6.07, 6.45) is 0.110. The van der Waals surface area contributed by atoms with Crippen LogP contribution in [-0.2, 0) is 22.6 Å². The second kappa shape index (κ2) is 9.26. The molecule has 0 spiro atoms. The Morgan fingerprint density at radius 3 is 2.38 bits per heavy atom. The van der Waals surface area contributed by atoms with Crippen LogP contribution in [0.1, 0.15) is 18.1 Å². The maximum atomic E-state index is 12.9. The van der Waals surface area contributed by atoms with Crippen molar-refractivity contribution in [3.05, 3.63) is 68.7 Å². The van der Waals surface area contributed by atoms with Crippen LogP contribution in [0.5, 0.6) is 0 Å². The van der Waals surface area contributed by atoms with E-state index in [9.17, 15) is 9.59 Å². The maximum absolute atomic E-state index is 12.9. The number of nitrogens with one attached hydrogen (secondary N) is 1. The van der Waals surface area contributed by atoms with Crippen LogP contribution in [0.4, 0.5) is 0 Å². The molecule has 2 rings (SSSR count). The largest absolute Gasteiger partial charge is 0.357 e. The molecule has 0 saturated carbocycles. The van der Waals surface area contributed by atoms with Crippen molar-refractivity contribution in [2.45, 2.75) is 25.9 Å². The molecule has 7 heteroatoms. The summed E-state index contributed by atoms with van der Waals surface area (Å²) in [7, 11) is 1.54. The van der Waals surface area contributed by atoms with Gasteiger partial charge in [-0.2, -0.15) is 0 Å². The van der Waals surface area contributed by atoms with E-state index >= 15 is 0 Å². The first kappa shape index (κ1) is 20.6. The summed E-state index contributed by atoms with van der Waals surface area (Å²) in [5, 5.41) is 3.97. The van der Waals surface area contributed by atoms with E-state index < -0.39 is 6.04 Å². The Kier molecular flexibility index (Phi) is 7.33. The Balaban J connectivity index is 2.25. The monoisotopic (exact) mass is 412 g/mol. The van der Waals surface area contributed by atoms with E-state index in [1.807, 2.05) is 12.1 Å². The number of halogens is 3. The van der Waals surface area contributed by atoms with Crippen LogP contribution in [-0.4, -0.2) is 29.8 Å². The molecule has 0 radical (unpaired) electrons. The molecule has 0 aliphatic carbocycles. The number of rotatable bonds is 6. The van der Waals surface area contributed by atoms with Gasteiger partial charge in [-0.1, -0.05) is 53.0 Å². The number of hydrogen-bond donors (Lipinski definition) is 1. The van der Waals surface area contributed by atoms with Crippen LogP contribution in [0, 0.1) is 0 Å². The van der Waals surface area contributed by atoms with E-state index in [2.05, 4.69) is 5.32 Å². The van der Waals surface area contributed by atoms with E-state index in [0.717, 1.165) is 11.1 Å². The second-order valence-corrected chi connectivity index (χ2v) is 7.12. The highest BCUT2D eigenvalue weighted by molar-refractivity contribution is 6.42. The molecule has 0 aliphatic rings. The van der Waals surface area contributed by atoms with E-state index in [1.54, 1.807) is 44.3 Å². The molecule has 0 bridgehead atoms. The van der Waals surface area contributed by atoms with Gasteiger partial charge < -0.3 is 10.2 Å². The minimum absolute atomic E-state index is 0.110. The zero-order chi connectivity index (χ0) is 19.3. The SMILES string of the molecule is CNC(=O)[C@@H](C)N(Cc1cccc(Cl)c1)C(=O)Cc1ccc(Cl)c(Cl)c1. The molecular weight excluding hydrogens is 395 g/mol. The molecule has 2 aromatic rings. The van der Waals surface area contributed by atoms with Crippen LogP contribution in [0.15, 0.2) is 42.5 Å². The van der Waals surface area contributed by atoms with Gasteiger partial charge in [0, 0.05) is 18.6 Å². The molecule has 0 heterocycles.